The second-order valence-electron chi connectivity index (χ2n) is 4.94. The van der Waals surface area contributed by atoms with Crippen LogP contribution in [0.2, 0.25) is 0 Å². The van der Waals surface area contributed by atoms with E-state index in [1.54, 1.807) is 0 Å². The Morgan fingerprint density at radius 2 is 1.80 bits per heavy atom. The van der Waals surface area contributed by atoms with Crippen LogP contribution >= 0.6 is 0 Å². The average Bonchev–Trinajstić information content (AvgIpc) is 2.32. The third-order valence-electron chi connectivity index (χ3n) is 2.95. The standard InChI is InChI=1S/C12H20N2O6/c1-7-5-14(6-8(2)20-7)12(19)13-9(11(17)18)3-4-10(15)16/h7-9H,3-6H2,1-2H3,(H,13,19)(H,15,16)(H,17,18)/t7-,8+,9-/m0/s1. The molecule has 0 saturated carbocycles. The average molecular weight is 288 g/mol. The lowest BCUT2D eigenvalue weighted by Crippen LogP contribution is -2.54. The number of carbonyl (C=O) groups excluding carboxylic acids is 1. The molecule has 1 aliphatic heterocycles. The highest BCUT2D eigenvalue weighted by Crippen LogP contribution is 2.11. The summed E-state index contributed by atoms with van der Waals surface area (Å²) in [4.78, 5) is 35.0. The van der Waals surface area contributed by atoms with Crippen LogP contribution in [0.5, 0.6) is 0 Å². The van der Waals surface area contributed by atoms with Gasteiger partial charge in [0.05, 0.1) is 12.2 Å². The molecule has 2 amide bonds. The number of aliphatic carboxylic acids is 2. The van der Waals surface area contributed by atoms with Crippen molar-refractivity contribution in [1.82, 2.24) is 10.2 Å². The summed E-state index contributed by atoms with van der Waals surface area (Å²) in [6.45, 7) is 4.41. The summed E-state index contributed by atoms with van der Waals surface area (Å²) >= 11 is 0. The number of carboxylic acid groups (broad SMARTS) is 2. The summed E-state index contributed by atoms with van der Waals surface area (Å²) in [5, 5.41) is 19.9. The van der Waals surface area contributed by atoms with Crippen LogP contribution in [-0.4, -0.2) is 64.4 Å². The predicted octanol–water partition coefficient (Wildman–Crippen LogP) is 0.123. The van der Waals surface area contributed by atoms with Gasteiger partial charge in [-0.2, -0.15) is 0 Å². The highest BCUT2D eigenvalue weighted by Gasteiger charge is 2.29. The van der Waals surface area contributed by atoms with E-state index in [1.807, 2.05) is 13.8 Å². The number of rotatable bonds is 5. The van der Waals surface area contributed by atoms with Gasteiger partial charge in [-0.15, -0.1) is 0 Å². The van der Waals surface area contributed by atoms with Gasteiger partial charge in [-0.3, -0.25) is 4.79 Å². The molecule has 0 radical (unpaired) electrons. The quantitative estimate of drug-likeness (QED) is 0.662. The second kappa shape index (κ2) is 7.09. The van der Waals surface area contributed by atoms with Gasteiger partial charge in [0.1, 0.15) is 6.04 Å². The molecular weight excluding hydrogens is 268 g/mol. The van der Waals surface area contributed by atoms with E-state index in [1.165, 1.54) is 4.90 Å². The molecule has 3 N–H and O–H groups in total. The number of hydrogen-bond donors (Lipinski definition) is 3. The highest BCUT2D eigenvalue weighted by molar-refractivity contribution is 5.83. The number of nitrogens with one attached hydrogen (secondary N) is 1. The molecule has 0 aromatic heterocycles. The number of ether oxygens (including phenoxy) is 1. The molecule has 3 atom stereocenters. The summed E-state index contributed by atoms with van der Waals surface area (Å²) in [7, 11) is 0. The number of morpholine rings is 1. The Balaban J connectivity index is 2.56. The van der Waals surface area contributed by atoms with E-state index < -0.39 is 24.0 Å². The van der Waals surface area contributed by atoms with E-state index in [-0.39, 0.29) is 25.0 Å². The molecule has 1 saturated heterocycles. The molecule has 0 aromatic rings. The molecule has 1 fully saturated rings. The minimum Gasteiger partial charge on any atom is -0.481 e. The fourth-order valence-electron chi connectivity index (χ4n) is 2.11. The zero-order valence-corrected chi connectivity index (χ0v) is 11.5. The number of hydrogen-bond acceptors (Lipinski definition) is 4. The third-order valence-corrected chi connectivity index (χ3v) is 2.95. The lowest BCUT2D eigenvalue weighted by Gasteiger charge is -2.35. The van der Waals surface area contributed by atoms with E-state index in [0.29, 0.717) is 13.1 Å². The fourth-order valence-corrected chi connectivity index (χ4v) is 2.11. The third kappa shape index (κ3) is 5.04. The van der Waals surface area contributed by atoms with Crippen molar-refractivity contribution in [2.45, 2.75) is 44.9 Å². The van der Waals surface area contributed by atoms with Gasteiger partial charge in [0, 0.05) is 19.5 Å². The molecule has 1 heterocycles. The van der Waals surface area contributed by atoms with Crippen LogP contribution in [0.3, 0.4) is 0 Å². The van der Waals surface area contributed by atoms with Crippen LogP contribution < -0.4 is 5.32 Å². The van der Waals surface area contributed by atoms with Gasteiger partial charge in [0.25, 0.3) is 0 Å². The normalized spacial score (nSPS) is 24.0. The van der Waals surface area contributed by atoms with Crippen LogP contribution in [0.4, 0.5) is 4.79 Å². The van der Waals surface area contributed by atoms with E-state index in [2.05, 4.69) is 5.32 Å². The minimum atomic E-state index is -1.24. The number of carboxylic acids is 2. The molecule has 0 bridgehead atoms. The maximum absolute atomic E-state index is 12.0. The number of amides is 2. The zero-order valence-electron chi connectivity index (χ0n) is 11.5. The van der Waals surface area contributed by atoms with E-state index >= 15 is 0 Å². The first-order valence-corrected chi connectivity index (χ1v) is 6.45. The Labute approximate surface area is 116 Å². The Morgan fingerprint density at radius 1 is 1.25 bits per heavy atom. The maximum atomic E-state index is 12.0. The molecule has 1 aliphatic rings. The van der Waals surface area contributed by atoms with Gasteiger partial charge in [0.15, 0.2) is 0 Å². The van der Waals surface area contributed by atoms with Crippen molar-refractivity contribution >= 4 is 18.0 Å². The van der Waals surface area contributed by atoms with Crippen LogP contribution in [0, 0.1) is 0 Å². The van der Waals surface area contributed by atoms with Gasteiger partial charge in [-0.1, -0.05) is 0 Å². The van der Waals surface area contributed by atoms with Crippen molar-refractivity contribution in [2.24, 2.45) is 0 Å². The first kappa shape index (κ1) is 16.2. The molecule has 0 aliphatic carbocycles. The monoisotopic (exact) mass is 288 g/mol. The molecule has 0 unspecified atom stereocenters. The fraction of sp³-hybridized carbons (Fsp3) is 0.750. The Kier molecular flexibility index (Phi) is 5.75. The lowest BCUT2D eigenvalue weighted by atomic mass is 10.1. The summed E-state index contributed by atoms with van der Waals surface area (Å²) in [5.41, 5.74) is 0. The molecule has 1 rings (SSSR count). The van der Waals surface area contributed by atoms with Crippen molar-refractivity contribution in [3.05, 3.63) is 0 Å². The molecular formula is C12H20N2O6. The van der Waals surface area contributed by atoms with Crippen molar-refractivity contribution < 1.29 is 29.3 Å². The number of urea groups is 1. The first-order valence-electron chi connectivity index (χ1n) is 6.45. The SMILES string of the molecule is C[C@@H]1CN(C(=O)N[C@@H](CCC(=O)O)C(=O)O)C[C@H](C)O1. The molecule has 20 heavy (non-hydrogen) atoms. The van der Waals surface area contributed by atoms with E-state index in [4.69, 9.17) is 14.9 Å². The largest absolute Gasteiger partial charge is 0.481 e. The summed E-state index contributed by atoms with van der Waals surface area (Å²) in [6.07, 6.45) is -0.697. The van der Waals surface area contributed by atoms with Gasteiger partial charge < -0.3 is 25.2 Å². The van der Waals surface area contributed by atoms with Crippen LogP contribution in [0.25, 0.3) is 0 Å². The highest BCUT2D eigenvalue weighted by atomic mass is 16.5. The van der Waals surface area contributed by atoms with Gasteiger partial charge in [-0.25, -0.2) is 9.59 Å². The van der Waals surface area contributed by atoms with Crippen molar-refractivity contribution in [3.8, 4) is 0 Å². The molecule has 0 aromatic carbocycles. The number of nitrogens with zero attached hydrogens (tertiary/aromatic N) is 1. The topological polar surface area (TPSA) is 116 Å². The first-order chi connectivity index (χ1) is 9.29. The zero-order chi connectivity index (χ0) is 15.3. The Morgan fingerprint density at radius 3 is 2.25 bits per heavy atom. The van der Waals surface area contributed by atoms with Gasteiger partial charge >= 0.3 is 18.0 Å². The van der Waals surface area contributed by atoms with Gasteiger partial charge in [0.2, 0.25) is 0 Å². The lowest BCUT2D eigenvalue weighted by molar-refractivity contribution is -0.140. The summed E-state index contributed by atoms with van der Waals surface area (Å²) < 4.78 is 5.48. The van der Waals surface area contributed by atoms with E-state index in [0.717, 1.165) is 0 Å². The van der Waals surface area contributed by atoms with Crippen LogP contribution in [-0.2, 0) is 14.3 Å². The molecule has 0 spiro atoms. The maximum Gasteiger partial charge on any atom is 0.326 e. The molecule has 8 nitrogen and oxygen atoms in total. The molecule has 114 valence electrons. The van der Waals surface area contributed by atoms with Crippen LogP contribution in [0.1, 0.15) is 26.7 Å². The Bertz CT molecular complexity index is 376. The molecule has 8 heteroatoms. The smallest absolute Gasteiger partial charge is 0.326 e. The Hall–Kier alpha value is -1.83. The van der Waals surface area contributed by atoms with Crippen molar-refractivity contribution in [3.63, 3.8) is 0 Å². The predicted molar refractivity (Wildman–Crippen MR) is 68.4 cm³/mol. The van der Waals surface area contributed by atoms with Crippen molar-refractivity contribution in [1.29, 1.82) is 0 Å². The van der Waals surface area contributed by atoms with Crippen molar-refractivity contribution in [2.75, 3.05) is 13.1 Å². The second-order valence-corrected chi connectivity index (χ2v) is 4.94. The summed E-state index contributed by atoms with van der Waals surface area (Å²) in [5.74, 6) is -2.34. The minimum absolute atomic E-state index is 0.119. The van der Waals surface area contributed by atoms with Gasteiger partial charge in [-0.05, 0) is 20.3 Å². The van der Waals surface area contributed by atoms with E-state index in [9.17, 15) is 14.4 Å². The number of carbonyl (C=O) groups is 3. The van der Waals surface area contributed by atoms with Crippen LogP contribution in [0.15, 0.2) is 0 Å². The summed E-state index contributed by atoms with van der Waals surface area (Å²) in [6, 6.07) is -1.71.